The van der Waals surface area contributed by atoms with Gasteiger partial charge in [0.2, 0.25) is 0 Å². The molecule has 18 heavy (non-hydrogen) atoms. The van der Waals surface area contributed by atoms with Crippen LogP contribution in [0.4, 0.5) is 0 Å². The van der Waals surface area contributed by atoms with E-state index in [9.17, 15) is 0 Å². The molecule has 0 aromatic rings. The SMILES string of the molecule is CC(C)C1CSC(c2c3ncnc-3ncn2C)=N1. The van der Waals surface area contributed by atoms with Crippen LogP contribution < -0.4 is 0 Å². The Bertz CT molecular complexity index is 574. The van der Waals surface area contributed by atoms with Crippen molar-refractivity contribution in [3.05, 3.63) is 18.3 Å². The number of hydrogen-bond acceptors (Lipinski definition) is 5. The fourth-order valence-corrected chi connectivity index (χ4v) is 3.38. The highest BCUT2D eigenvalue weighted by Crippen LogP contribution is 2.30. The first-order valence-electron chi connectivity index (χ1n) is 6.00. The molecule has 3 heterocycles. The molecule has 3 aliphatic rings. The zero-order valence-corrected chi connectivity index (χ0v) is 11.5. The first kappa shape index (κ1) is 11.6. The number of fused-ring (bicyclic) bond motifs is 1. The van der Waals surface area contributed by atoms with Crippen LogP contribution in [0.3, 0.4) is 0 Å². The van der Waals surface area contributed by atoms with E-state index in [4.69, 9.17) is 4.99 Å². The lowest BCUT2D eigenvalue weighted by Crippen LogP contribution is -2.12. The summed E-state index contributed by atoms with van der Waals surface area (Å²) in [6.45, 7) is 4.42. The van der Waals surface area contributed by atoms with E-state index in [-0.39, 0.29) is 0 Å². The van der Waals surface area contributed by atoms with Gasteiger partial charge in [-0.15, -0.1) is 11.8 Å². The van der Waals surface area contributed by atoms with Gasteiger partial charge in [-0.3, -0.25) is 4.99 Å². The first-order valence-corrected chi connectivity index (χ1v) is 6.98. The highest BCUT2D eigenvalue weighted by molar-refractivity contribution is 8.14. The number of rotatable bonds is 2. The minimum Gasteiger partial charge on any atom is -0.331 e. The largest absolute Gasteiger partial charge is 0.331 e. The zero-order valence-electron chi connectivity index (χ0n) is 10.7. The molecule has 0 amide bonds. The second kappa shape index (κ2) is 4.35. The number of hydrogen-bond donors (Lipinski definition) is 0. The van der Waals surface area contributed by atoms with Crippen LogP contribution in [0, 0.1) is 5.92 Å². The molecule has 0 N–H and O–H groups in total. The minimum atomic E-state index is 0.399. The molecule has 0 aromatic heterocycles. The summed E-state index contributed by atoms with van der Waals surface area (Å²) in [7, 11) is 1.97. The predicted octanol–water partition coefficient (Wildman–Crippen LogP) is 1.83. The van der Waals surface area contributed by atoms with Gasteiger partial charge in [-0.05, 0) is 5.92 Å². The van der Waals surface area contributed by atoms with E-state index in [1.165, 1.54) is 0 Å². The maximum absolute atomic E-state index is 4.81. The lowest BCUT2D eigenvalue weighted by atomic mass is 10.1. The summed E-state index contributed by atoms with van der Waals surface area (Å²) < 4.78 is 1.98. The summed E-state index contributed by atoms with van der Waals surface area (Å²) >= 11 is 1.80. The number of thioether (sulfide) groups is 1. The van der Waals surface area contributed by atoms with Gasteiger partial charge in [0.15, 0.2) is 5.82 Å². The van der Waals surface area contributed by atoms with Crippen LogP contribution >= 0.6 is 11.8 Å². The lowest BCUT2D eigenvalue weighted by molar-refractivity contribution is 0.543. The quantitative estimate of drug-likeness (QED) is 0.827. The summed E-state index contributed by atoms with van der Waals surface area (Å²) in [4.78, 5) is 17.5. The Morgan fingerprint density at radius 1 is 1.33 bits per heavy atom. The maximum Gasteiger partial charge on any atom is 0.183 e. The monoisotopic (exact) mass is 261 g/mol. The molecule has 0 bridgehead atoms. The molecule has 94 valence electrons. The van der Waals surface area contributed by atoms with Crippen molar-refractivity contribution in [2.45, 2.75) is 19.9 Å². The van der Waals surface area contributed by atoms with E-state index >= 15 is 0 Å². The Hall–Kier alpha value is -1.43. The third-order valence-corrected chi connectivity index (χ3v) is 4.24. The Morgan fingerprint density at radius 3 is 2.89 bits per heavy atom. The number of imidazole rings is 1. The highest BCUT2D eigenvalue weighted by atomic mass is 32.2. The van der Waals surface area contributed by atoms with E-state index < -0.39 is 0 Å². The molecule has 1 atom stereocenters. The molecule has 0 radical (unpaired) electrons. The second-order valence-electron chi connectivity index (χ2n) is 4.81. The fourth-order valence-electron chi connectivity index (χ4n) is 2.00. The van der Waals surface area contributed by atoms with Gasteiger partial charge in [0.25, 0.3) is 0 Å². The third-order valence-electron chi connectivity index (χ3n) is 3.15. The number of aromatic nitrogens is 4. The average molecular weight is 261 g/mol. The normalized spacial score (nSPS) is 19.8. The summed E-state index contributed by atoms with van der Waals surface area (Å²) in [6, 6.07) is 0.399. The van der Waals surface area contributed by atoms with E-state index in [1.54, 1.807) is 24.4 Å². The van der Waals surface area contributed by atoms with Gasteiger partial charge in [-0.25, -0.2) is 15.0 Å². The van der Waals surface area contributed by atoms with Crippen LogP contribution in [0.15, 0.2) is 17.6 Å². The first-order chi connectivity index (χ1) is 8.66. The summed E-state index contributed by atoms with van der Waals surface area (Å²) in [5.74, 6) is 2.31. The van der Waals surface area contributed by atoms with Gasteiger partial charge >= 0.3 is 0 Å². The van der Waals surface area contributed by atoms with Crippen LogP contribution in [0.2, 0.25) is 0 Å². The van der Waals surface area contributed by atoms with Crippen molar-refractivity contribution >= 4 is 16.8 Å². The van der Waals surface area contributed by atoms with Crippen molar-refractivity contribution in [3.63, 3.8) is 0 Å². The van der Waals surface area contributed by atoms with Gasteiger partial charge < -0.3 is 4.57 Å². The molecule has 0 fully saturated rings. The maximum atomic E-state index is 4.81. The second-order valence-corrected chi connectivity index (χ2v) is 5.82. The standard InChI is InChI=1S/C12H15N5S/c1-7(2)8-4-18-12(16-8)10-9-11(14-5-13-9)15-6-17(10)3/h5-8H,4H2,1-3H3. The Labute approximate surface area is 110 Å². The molecule has 0 aromatic carbocycles. The van der Waals surface area contributed by atoms with Crippen molar-refractivity contribution in [1.82, 2.24) is 19.5 Å². The van der Waals surface area contributed by atoms with E-state index in [2.05, 4.69) is 28.8 Å². The topological polar surface area (TPSA) is 56.0 Å². The summed E-state index contributed by atoms with van der Waals surface area (Å²) in [5.41, 5.74) is 1.88. The average Bonchev–Trinajstić information content (AvgIpc) is 2.95. The molecule has 6 heteroatoms. The molecule has 1 unspecified atom stereocenters. The molecule has 3 aliphatic heterocycles. The van der Waals surface area contributed by atoms with Gasteiger partial charge in [0.05, 0.1) is 12.4 Å². The Morgan fingerprint density at radius 2 is 2.17 bits per heavy atom. The van der Waals surface area contributed by atoms with Crippen LogP contribution in [-0.4, -0.2) is 36.4 Å². The fraction of sp³-hybridized carbons (Fsp3) is 0.500. The van der Waals surface area contributed by atoms with Crippen molar-refractivity contribution in [3.8, 4) is 11.5 Å². The Balaban J connectivity index is 2.08. The summed E-state index contributed by atoms with van der Waals surface area (Å²) in [6.07, 6.45) is 3.33. The van der Waals surface area contributed by atoms with Gasteiger partial charge in [-0.2, -0.15) is 0 Å². The zero-order chi connectivity index (χ0) is 12.7. The van der Waals surface area contributed by atoms with E-state index in [1.807, 2.05) is 11.6 Å². The third kappa shape index (κ3) is 1.80. The van der Waals surface area contributed by atoms with Crippen molar-refractivity contribution in [1.29, 1.82) is 0 Å². The molecule has 3 rings (SSSR count). The van der Waals surface area contributed by atoms with Crippen molar-refractivity contribution in [2.75, 3.05) is 5.75 Å². The summed E-state index contributed by atoms with van der Waals surface area (Å²) in [5, 5.41) is 1.06. The van der Waals surface area contributed by atoms with Crippen LogP contribution in [0.25, 0.3) is 11.5 Å². The van der Waals surface area contributed by atoms with E-state index in [0.717, 1.165) is 22.2 Å². The molecular formula is C12H15N5S. The number of nitrogens with zero attached hydrogens (tertiary/aromatic N) is 5. The molecule has 5 nitrogen and oxygen atoms in total. The van der Waals surface area contributed by atoms with Gasteiger partial charge in [0, 0.05) is 12.8 Å². The number of aryl methyl sites for hydroxylation is 1. The van der Waals surface area contributed by atoms with Gasteiger partial charge in [0.1, 0.15) is 22.8 Å². The molecule has 0 saturated carbocycles. The Kier molecular flexibility index (Phi) is 2.81. The van der Waals surface area contributed by atoms with Crippen LogP contribution in [0.1, 0.15) is 19.5 Å². The van der Waals surface area contributed by atoms with Crippen molar-refractivity contribution in [2.24, 2.45) is 18.0 Å². The van der Waals surface area contributed by atoms with Crippen LogP contribution in [-0.2, 0) is 7.05 Å². The van der Waals surface area contributed by atoms with Gasteiger partial charge in [-0.1, -0.05) is 13.8 Å². The van der Waals surface area contributed by atoms with Crippen molar-refractivity contribution < 1.29 is 0 Å². The van der Waals surface area contributed by atoms with E-state index in [0.29, 0.717) is 17.8 Å². The van der Waals surface area contributed by atoms with Crippen LogP contribution in [0.5, 0.6) is 0 Å². The number of aliphatic imine (C=N–C) groups is 1. The lowest BCUT2D eigenvalue weighted by Gasteiger charge is -2.10. The smallest absolute Gasteiger partial charge is 0.183 e. The highest BCUT2D eigenvalue weighted by Gasteiger charge is 2.27. The molecule has 0 saturated heterocycles. The minimum absolute atomic E-state index is 0.399. The molecule has 0 aliphatic carbocycles. The molecular weight excluding hydrogens is 246 g/mol. The predicted molar refractivity (Wildman–Crippen MR) is 73.0 cm³/mol. The molecule has 0 spiro atoms.